The lowest BCUT2D eigenvalue weighted by molar-refractivity contribution is 0.297. The molecule has 2 heterocycles. The van der Waals surface area contributed by atoms with Crippen LogP contribution in [0.5, 0.6) is 5.75 Å². The average molecular weight is 269 g/mol. The molecule has 0 aliphatic heterocycles. The van der Waals surface area contributed by atoms with Crippen LogP contribution >= 0.6 is 0 Å². The van der Waals surface area contributed by atoms with Gasteiger partial charge in [-0.05, 0) is 36.4 Å². The minimum absolute atomic E-state index is 0.356. The number of H-pyrrole nitrogens is 1. The van der Waals surface area contributed by atoms with E-state index in [1.807, 2.05) is 31.3 Å². The summed E-state index contributed by atoms with van der Waals surface area (Å²) >= 11 is 0. The Balaban J connectivity index is 1.75. The first kappa shape index (κ1) is 12.3. The molecule has 6 heteroatoms. The number of nitrogen functional groups attached to an aromatic ring is 1. The lowest BCUT2D eigenvalue weighted by Gasteiger charge is -2.03. The normalized spacial score (nSPS) is 10.7. The highest BCUT2D eigenvalue weighted by molar-refractivity contribution is 5.72. The van der Waals surface area contributed by atoms with Crippen LogP contribution in [0.4, 0.5) is 11.5 Å². The molecule has 6 nitrogen and oxygen atoms in total. The summed E-state index contributed by atoms with van der Waals surface area (Å²) < 4.78 is 5.64. The van der Waals surface area contributed by atoms with Crippen LogP contribution in [-0.2, 0) is 6.61 Å². The Hall–Kier alpha value is -2.76. The van der Waals surface area contributed by atoms with E-state index in [4.69, 9.17) is 10.5 Å². The van der Waals surface area contributed by atoms with Crippen molar-refractivity contribution in [2.24, 2.45) is 0 Å². The zero-order valence-electron chi connectivity index (χ0n) is 11.1. The molecule has 20 heavy (non-hydrogen) atoms. The van der Waals surface area contributed by atoms with Crippen molar-refractivity contribution in [1.82, 2.24) is 15.0 Å². The van der Waals surface area contributed by atoms with Crippen LogP contribution in [0.1, 0.15) is 5.82 Å². The summed E-state index contributed by atoms with van der Waals surface area (Å²) in [4.78, 5) is 11.9. The fraction of sp³-hybridized carbons (Fsp3) is 0.143. The molecule has 0 amide bonds. The SMILES string of the molecule is CNc1ccc2[nH]c(COc3ccc(N)cc3)nc2n1. The number of benzene rings is 1. The smallest absolute Gasteiger partial charge is 0.179 e. The van der Waals surface area contributed by atoms with Gasteiger partial charge in [0, 0.05) is 12.7 Å². The number of pyridine rings is 1. The van der Waals surface area contributed by atoms with E-state index >= 15 is 0 Å². The van der Waals surface area contributed by atoms with Gasteiger partial charge < -0.3 is 20.8 Å². The molecule has 4 N–H and O–H groups in total. The summed E-state index contributed by atoms with van der Waals surface area (Å²) in [6.45, 7) is 0.356. The van der Waals surface area contributed by atoms with E-state index in [1.165, 1.54) is 0 Å². The number of nitrogens with two attached hydrogens (primary N) is 1. The molecule has 2 aromatic heterocycles. The summed E-state index contributed by atoms with van der Waals surface area (Å²) in [7, 11) is 1.83. The number of rotatable bonds is 4. The van der Waals surface area contributed by atoms with Gasteiger partial charge in [-0.15, -0.1) is 0 Å². The Labute approximate surface area is 116 Å². The van der Waals surface area contributed by atoms with E-state index in [9.17, 15) is 0 Å². The molecule has 0 atom stereocenters. The first-order valence-corrected chi connectivity index (χ1v) is 6.26. The number of aromatic amines is 1. The van der Waals surface area contributed by atoms with E-state index < -0.39 is 0 Å². The largest absolute Gasteiger partial charge is 0.486 e. The quantitative estimate of drug-likeness (QED) is 0.632. The summed E-state index contributed by atoms with van der Waals surface area (Å²) in [5.41, 5.74) is 7.90. The minimum atomic E-state index is 0.356. The van der Waals surface area contributed by atoms with Gasteiger partial charge in [0.05, 0.1) is 5.52 Å². The molecule has 3 aromatic rings. The first-order valence-electron chi connectivity index (χ1n) is 6.26. The molecule has 0 unspecified atom stereocenters. The van der Waals surface area contributed by atoms with Crippen molar-refractivity contribution in [3.8, 4) is 5.75 Å². The fourth-order valence-corrected chi connectivity index (χ4v) is 1.87. The van der Waals surface area contributed by atoms with Crippen molar-refractivity contribution in [1.29, 1.82) is 0 Å². The van der Waals surface area contributed by atoms with Crippen molar-refractivity contribution in [2.45, 2.75) is 6.61 Å². The molecule has 0 aliphatic carbocycles. The van der Waals surface area contributed by atoms with Crippen molar-refractivity contribution in [3.63, 3.8) is 0 Å². The zero-order valence-corrected chi connectivity index (χ0v) is 11.1. The zero-order chi connectivity index (χ0) is 13.9. The highest BCUT2D eigenvalue weighted by Crippen LogP contribution is 2.16. The van der Waals surface area contributed by atoms with Gasteiger partial charge in [-0.25, -0.2) is 9.97 Å². The third-order valence-electron chi connectivity index (χ3n) is 2.91. The fourth-order valence-electron chi connectivity index (χ4n) is 1.87. The number of nitrogens with one attached hydrogen (secondary N) is 2. The Morgan fingerprint density at radius 3 is 2.70 bits per heavy atom. The van der Waals surface area contributed by atoms with Gasteiger partial charge in [-0.3, -0.25) is 0 Å². The van der Waals surface area contributed by atoms with Crippen LogP contribution in [0.15, 0.2) is 36.4 Å². The first-order chi connectivity index (χ1) is 9.74. The number of hydrogen-bond donors (Lipinski definition) is 3. The monoisotopic (exact) mass is 269 g/mol. The number of aromatic nitrogens is 3. The molecular formula is C14H15N5O. The maximum absolute atomic E-state index is 5.64. The van der Waals surface area contributed by atoms with Crippen LogP contribution in [0.2, 0.25) is 0 Å². The number of ether oxygens (including phenoxy) is 1. The summed E-state index contributed by atoms with van der Waals surface area (Å²) in [6, 6.07) is 11.1. The topological polar surface area (TPSA) is 88.8 Å². The highest BCUT2D eigenvalue weighted by atomic mass is 16.5. The Morgan fingerprint density at radius 2 is 1.95 bits per heavy atom. The van der Waals surface area contributed by atoms with Crippen LogP contribution in [-0.4, -0.2) is 22.0 Å². The molecule has 0 saturated carbocycles. The average Bonchev–Trinajstić information content (AvgIpc) is 2.88. The van der Waals surface area contributed by atoms with Gasteiger partial charge in [0.15, 0.2) is 5.65 Å². The highest BCUT2D eigenvalue weighted by Gasteiger charge is 2.05. The Kier molecular flexibility index (Phi) is 3.12. The number of fused-ring (bicyclic) bond motifs is 1. The van der Waals surface area contributed by atoms with Gasteiger partial charge >= 0.3 is 0 Å². The Bertz CT molecular complexity index is 720. The molecule has 1 aromatic carbocycles. The molecule has 102 valence electrons. The number of nitrogens with zero attached hydrogens (tertiary/aromatic N) is 2. The maximum Gasteiger partial charge on any atom is 0.179 e. The van der Waals surface area contributed by atoms with Crippen molar-refractivity contribution in [2.75, 3.05) is 18.1 Å². The van der Waals surface area contributed by atoms with Crippen molar-refractivity contribution >= 4 is 22.7 Å². The molecule has 3 rings (SSSR count). The molecule has 0 radical (unpaired) electrons. The predicted octanol–water partition coefficient (Wildman–Crippen LogP) is 2.16. The van der Waals surface area contributed by atoms with Crippen LogP contribution in [0.3, 0.4) is 0 Å². The van der Waals surface area contributed by atoms with E-state index in [1.54, 1.807) is 12.1 Å². The molecule has 0 saturated heterocycles. The lowest BCUT2D eigenvalue weighted by atomic mass is 10.3. The van der Waals surface area contributed by atoms with E-state index in [-0.39, 0.29) is 0 Å². The number of hydrogen-bond acceptors (Lipinski definition) is 5. The molecule has 0 spiro atoms. The molecule has 0 bridgehead atoms. The second-order valence-electron chi connectivity index (χ2n) is 4.36. The van der Waals surface area contributed by atoms with Crippen molar-refractivity contribution in [3.05, 3.63) is 42.2 Å². The second-order valence-corrected chi connectivity index (χ2v) is 4.36. The summed E-state index contributed by atoms with van der Waals surface area (Å²) in [5.74, 6) is 2.27. The standard InChI is InChI=1S/C14H15N5O/c1-16-12-7-6-11-14(18-12)19-13(17-11)8-20-10-4-2-9(15)3-5-10/h2-7H,8,15H2,1H3,(H2,16,17,18,19). The van der Waals surface area contributed by atoms with Gasteiger partial charge in [0.1, 0.15) is 24.0 Å². The van der Waals surface area contributed by atoms with Crippen molar-refractivity contribution < 1.29 is 4.74 Å². The second kappa shape index (κ2) is 5.08. The lowest BCUT2D eigenvalue weighted by Crippen LogP contribution is -1.97. The maximum atomic E-state index is 5.64. The number of anilines is 2. The summed E-state index contributed by atoms with van der Waals surface area (Å²) in [5, 5.41) is 2.98. The predicted molar refractivity (Wildman–Crippen MR) is 78.6 cm³/mol. The van der Waals surface area contributed by atoms with Crippen LogP contribution in [0, 0.1) is 0 Å². The third-order valence-corrected chi connectivity index (χ3v) is 2.91. The minimum Gasteiger partial charge on any atom is -0.486 e. The Morgan fingerprint density at radius 1 is 1.15 bits per heavy atom. The van der Waals surface area contributed by atoms with Crippen LogP contribution < -0.4 is 15.8 Å². The van der Waals surface area contributed by atoms with E-state index in [0.717, 1.165) is 22.9 Å². The van der Waals surface area contributed by atoms with E-state index in [2.05, 4.69) is 20.3 Å². The van der Waals surface area contributed by atoms with Gasteiger partial charge in [0.25, 0.3) is 0 Å². The van der Waals surface area contributed by atoms with Gasteiger partial charge in [-0.1, -0.05) is 0 Å². The molecule has 0 aliphatic rings. The third kappa shape index (κ3) is 2.49. The van der Waals surface area contributed by atoms with Gasteiger partial charge in [-0.2, -0.15) is 0 Å². The molecule has 0 fully saturated rings. The summed E-state index contributed by atoms with van der Waals surface area (Å²) in [6.07, 6.45) is 0. The van der Waals surface area contributed by atoms with Gasteiger partial charge in [0.2, 0.25) is 0 Å². The van der Waals surface area contributed by atoms with E-state index in [0.29, 0.717) is 17.9 Å². The number of imidazole rings is 1. The molecular weight excluding hydrogens is 254 g/mol. The van der Waals surface area contributed by atoms with Crippen LogP contribution in [0.25, 0.3) is 11.2 Å².